The van der Waals surface area contributed by atoms with Crippen LogP contribution < -0.4 is 10.0 Å². The van der Waals surface area contributed by atoms with Crippen LogP contribution in [-0.4, -0.2) is 43.1 Å². The van der Waals surface area contributed by atoms with Crippen molar-refractivity contribution in [3.05, 3.63) is 11.1 Å². The number of thioether (sulfide) groups is 1. The monoisotopic (exact) mass is 337 g/mol. The van der Waals surface area contributed by atoms with Gasteiger partial charge in [0.2, 0.25) is 15.9 Å². The molecule has 6 nitrogen and oxygen atoms in total. The lowest BCUT2D eigenvalue weighted by Crippen LogP contribution is -2.44. The lowest BCUT2D eigenvalue weighted by molar-refractivity contribution is -0.117. The van der Waals surface area contributed by atoms with Gasteiger partial charge in [0.25, 0.3) is 0 Å². The van der Waals surface area contributed by atoms with E-state index in [1.165, 1.54) is 18.3 Å². The highest BCUT2D eigenvalue weighted by Crippen LogP contribution is 2.17. The second-order valence-electron chi connectivity index (χ2n) is 4.12. The smallest absolute Gasteiger partial charge is 0.244 e. The molecule has 1 aromatic heterocycles. The van der Waals surface area contributed by atoms with E-state index < -0.39 is 16.1 Å². The SMILES string of the molecule is CCS(=O)(=O)N[C@@H](CCSC)C(=O)Nc1ncc(C)s1. The molecule has 0 aliphatic carbocycles. The van der Waals surface area contributed by atoms with Crippen molar-refractivity contribution in [2.45, 2.75) is 26.3 Å². The van der Waals surface area contributed by atoms with E-state index in [1.54, 1.807) is 18.0 Å². The van der Waals surface area contributed by atoms with E-state index in [0.717, 1.165) is 4.88 Å². The summed E-state index contributed by atoms with van der Waals surface area (Å²) in [6.45, 7) is 3.42. The minimum Gasteiger partial charge on any atom is -0.301 e. The predicted molar refractivity (Wildman–Crippen MR) is 84.9 cm³/mol. The number of hydrogen-bond acceptors (Lipinski definition) is 6. The first-order valence-corrected chi connectivity index (χ1v) is 9.96. The van der Waals surface area contributed by atoms with Gasteiger partial charge in [-0.2, -0.15) is 11.8 Å². The number of carbonyl (C=O) groups excluding carboxylic acids is 1. The maximum atomic E-state index is 12.1. The zero-order chi connectivity index (χ0) is 15.2. The molecule has 0 radical (unpaired) electrons. The third-order valence-corrected chi connectivity index (χ3v) is 5.36. The van der Waals surface area contributed by atoms with E-state index in [-0.39, 0.29) is 11.7 Å². The van der Waals surface area contributed by atoms with Crippen molar-refractivity contribution in [3.8, 4) is 0 Å². The number of aryl methyl sites for hydroxylation is 1. The first-order valence-electron chi connectivity index (χ1n) is 6.10. The Morgan fingerprint density at radius 3 is 2.75 bits per heavy atom. The minimum absolute atomic E-state index is 0.0492. The van der Waals surface area contributed by atoms with Crippen LogP contribution in [0.1, 0.15) is 18.2 Å². The summed E-state index contributed by atoms with van der Waals surface area (Å²) < 4.78 is 25.7. The van der Waals surface area contributed by atoms with Gasteiger partial charge < -0.3 is 5.32 Å². The molecule has 20 heavy (non-hydrogen) atoms. The average molecular weight is 337 g/mol. The fourth-order valence-corrected chi connectivity index (χ4v) is 3.35. The third kappa shape index (κ3) is 5.78. The van der Waals surface area contributed by atoms with Gasteiger partial charge in [0.15, 0.2) is 5.13 Å². The number of hydrogen-bond donors (Lipinski definition) is 2. The minimum atomic E-state index is -3.42. The van der Waals surface area contributed by atoms with Crippen LogP contribution in [0.25, 0.3) is 0 Å². The lowest BCUT2D eigenvalue weighted by atomic mass is 10.2. The van der Waals surface area contributed by atoms with Gasteiger partial charge in [0.05, 0.1) is 5.75 Å². The summed E-state index contributed by atoms with van der Waals surface area (Å²) in [4.78, 5) is 17.2. The topological polar surface area (TPSA) is 88.2 Å². The van der Waals surface area contributed by atoms with Gasteiger partial charge in [-0.1, -0.05) is 0 Å². The molecule has 114 valence electrons. The fraction of sp³-hybridized carbons (Fsp3) is 0.636. The maximum absolute atomic E-state index is 12.1. The van der Waals surface area contributed by atoms with E-state index >= 15 is 0 Å². The number of anilines is 1. The van der Waals surface area contributed by atoms with Crippen LogP contribution in [0.5, 0.6) is 0 Å². The van der Waals surface area contributed by atoms with Crippen molar-refractivity contribution in [1.82, 2.24) is 9.71 Å². The molecular weight excluding hydrogens is 318 g/mol. The van der Waals surface area contributed by atoms with Crippen LogP contribution >= 0.6 is 23.1 Å². The van der Waals surface area contributed by atoms with Gasteiger partial charge in [-0.15, -0.1) is 11.3 Å². The summed E-state index contributed by atoms with van der Waals surface area (Å²) in [5.41, 5.74) is 0. The number of thiazole rings is 1. The van der Waals surface area contributed by atoms with E-state index in [0.29, 0.717) is 17.3 Å². The number of carbonyl (C=O) groups is 1. The number of rotatable bonds is 8. The molecule has 0 fully saturated rings. The molecule has 0 saturated carbocycles. The van der Waals surface area contributed by atoms with E-state index in [1.807, 2.05) is 13.2 Å². The zero-order valence-corrected chi connectivity index (χ0v) is 14.1. The number of sulfonamides is 1. The Labute approximate surface area is 127 Å². The number of aromatic nitrogens is 1. The van der Waals surface area contributed by atoms with Crippen molar-refractivity contribution < 1.29 is 13.2 Å². The molecule has 0 saturated heterocycles. The van der Waals surface area contributed by atoms with Gasteiger partial charge in [-0.3, -0.25) is 4.79 Å². The van der Waals surface area contributed by atoms with Gasteiger partial charge in [-0.05, 0) is 32.3 Å². The second kappa shape index (κ2) is 7.96. The number of amides is 1. The number of nitrogens with one attached hydrogen (secondary N) is 2. The standard InChI is InChI=1S/C11H19N3O3S3/c1-4-20(16,17)14-9(5-6-18-3)10(15)13-11-12-7-8(2)19-11/h7,9,14H,4-6H2,1-3H3,(H,12,13,15)/t9-/m0/s1. The molecule has 1 atom stereocenters. The van der Waals surface area contributed by atoms with Crippen LogP contribution in [0, 0.1) is 6.92 Å². The lowest BCUT2D eigenvalue weighted by Gasteiger charge is -2.16. The molecule has 1 aromatic rings. The van der Waals surface area contributed by atoms with Crippen LogP contribution in [0.2, 0.25) is 0 Å². The first-order chi connectivity index (χ1) is 9.38. The average Bonchev–Trinajstić information content (AvgIpc) is 2.79. The molecule has 1 rings (SSSR count). The Kier molecular flexibility index (Phi) is 6.93. The third-order valence-electron chi connectivity index (χ3n) is 2.48. The fourth-order valence-electron chi connectivity index (χ4n) is 1.38. The number of nitrogens with zero attached hydrogens (tertiary/aromatic N) is 1. The molecule has 0 aliphatic rings. The summed E-state index contributed by atoms with van der Waals surface area (Å²) in [6, 6.07) is -0.767. The van der Waals surface area contributed by atoms with Crippen LogP contribution in [0.3, 0.4) is 0 Å². The summed E-state index contributed by atoms with van der Waals surface area (Å²) in [7, 11) is -3.42. The van der Waals surface area contributed by atoms with Crippen molar-refractivity contribution in [2.24, 2.45) is 0 Å². The normalized spacial score (nSPS) is 13.2. The summed E-state index contributed by atoms with van der Waals surface area (Å²) in [5, 5.41) is 3.13. The molecule has 0 bridgehead atoms. The summed E-state index contributed by atoms with van der Waals surface area (Å²) in [5.74, 6) is 0.276. The summed E-state index contributed by atoms with van der Waals surface area (Å²) >= 11 is 2.92. The molecule has 0 aromatic carbocycles. The van der Waals surface area contributed by atoms with E-state index in [2.05, 4.69) is 15.0 Å². The van der Waals surface area contributed by atoms with Gasteiger partial charge >= 0.3 is 0 Å². The second-order valence-corrected chi connectivity index (χ2v) is 8.38. The Morgan fingerprint density at radius 1 is 1.55 bits per heavy atom. The van der Waals surface area contributed by atoms with Crippen molar-refractivity contribution in [1.29, 1.82) is 0 Å². The molecule has 1 amide bonds. The molecule has 0 unspecified atom stereocenters. The molecular formula is C11H19N3O3S3. The highest BCUT2D eigenvalue weighted by molar-refractivity contribution is 7.98. The maximum Gasteiger partial charge on any atom is 0.244 e. The zero-order valence-electron chi connectivity index (χ0n) is 11.7. The van der Waals surface area contributed by atoms with E-state index in [4.69, 9.17) is 0 Å². The molecule has 2 N–H and O–H groups in total. The summed E-state index contributed by atoms with van der Waals surface area (Å²) in [6.07, 6.45) is 4.01. The van der Waals surface area contributed by atoms with Crippen LogP contribution in [0.4, 0.5) is 5.13 Å². The van der Waals surface area contributed by atoms with Gasteiger partial charge in [-0.25, -0.2) is 18.1 Å². The Hall–Kier alpha value is -0.640. The first kappa shape index (κ1) is 17.4. The van der Waals surface area contributed by atoms with Gasteiger partial charge in [0, 0.05) is 11.1 Å². The Morgan fingerprint density at radius 2 is 2.25 bits per heavy atom. The highest BCUT2D eigenvalue weighted by Gasteiger charge is 2.23. The largest absolute Gasteiger partial charge is 0.301 e. The van der Waals surface area contributed by atoms with Gasteiger partial charge in [0.1, 0.15) is 6.04 Å². The molecule has 9 heteroatoms. The quantitative estimate of drug-likeness (QED) is 0.749. The van der Waals surface area contributed by atoms with Crippen LogP contribution in [0.15, 0.2) is 6.20 Å². The molecule has 0 spiro atoms. The van der Waals surface area contributed by atoms with Crippen molar-refractivity contribution in [2.75, 3.05) is 23.1 Å². The molecule has 0 aliphatic heterocycles. The van der Waals surface area contributed by atoms with Crippen molar-refractivity contribution >= 4 is 44.2 Å². The van der Waals surface area contributed by atoms with E-state index in [9.17, 15) is 13.2 Å². The van der Waals surface area contributed by atoms with Crippen LogP contribution in [-0.2, 0) is 14.8 Å². The predicted octanol–water partition coefficient (Wildman–Crippen LogP) is 1.45. The Balaban J connectivity index is 2.73. The Bertz CT molecular complexity index is 542. The molecule has 1 heterocycles. The highest BCUT2D eigenvalue weighted by atomic mass is 32.2. The van der Waals surface area contributed by atoms with Crippen molar-refractivity contribution in [3.63, 3.8) is 0 Å².